The molecule has 1 saturated heterocycles. The zero-order chi connectivity index (χ0) is 13.0. The second kappa shape index (κ2) is 5.49. The van der Waals surface area contributed by atoms with E-state index in [-0.39, 0.29) is 11.8 Å². The Kier molecular flexibility index (Phi) is 3.77. The zero-order valence-corrected chi connectivity index (χ0v) is 10.3. The van der Waals surface area contributed by atoms with Crippen molar-refractivity contribution in [3.63, 3.8) is 0 Å². The van der Waals surface area contributed by atoms with E-state index < -0.39 is 6.04 Å². The molecule has 4 heteroatoms. The molecule has 0 radical (unpaired) electrons. The number of piperazine rings is 1. The molecular weight excluding hydrogens is 228 g/mol. The number of carbonyl (C=O) groups excluding carboxylic acids is 2. The highest BCUT2D eigenvalue weighted by molar-refractivity contribution is 5.96. The number of nitrogens with one attached hydrogen (secondary N) is 1. The molecule has 1 heterocycles. The van der Waals surface area contributed by atoms with Gasteiger partial charge in [0.1, 0.15) is 6.04 Å². The molecule has 2 amide bonds. The van der Waals surface area contributed by atoms with E-state index in [1.54, 1.807) is 17.9 Å². The van der Waals surface area contributed by atoms with E-state index in [0.717, 1.165) is 5.56 Å². The molecule has 1 fully saturated rings. The molecule has 18 heavy (non-hydrogen) atoms. The number of rotatable bonds is 2. The van der Waals surface area contributed by atoms with Crippen LogP contribution in [0.3, 0.4) is 0 Å². The minimum atomic E-state index is -0.397. The lowest BCUT2D eigenvalue weighted by atomic mass is 10.2. The van der Waals surface area contributed by atoms with Crippen molar-refractivity contribution >= 4 is 17.9 Å². The Hall–Kier alpha value is -2.10. The van der Waals surface area contributed by atoms with Gasteiger partial charge >= 0.3 is 0 Å². The third-order valence-electron chi connectivity index (χ3n) is 3.00. The van der Waals surface area contributed by atoms with Crippen molar-refractivity contribution in [3.8, 4) is 0 Å². The van der Waals surface area contributed by atoms with Crippen LogP contribution < -0.4 is 5.32 Å². The first-order chi connectivity index (χ1) is 8.68. The fourth-order valence-electron chi connectivity index (χ4n) is 1.91. The maximum absolute atomic E-state index is 12.0. The average molecular weight is 244 g/mol. The Labute approximate surface area is 106 Å². The molecule has 0 saturated carbocycles. The second-order valence-corrected chi connectivity index (χ2v) is 4.24. The van der Waals surface area contributed by atoms with Gasteiger partial charge in [0.2, 0.25) is 11.8 Å². The average Bonchev–Trinajstić information content (AvgIpc) is 2.40. The van der Waals surface area contributed by atoms with E-state index >= 15 is 0 Å². The molecular formula is C14H16N2O2. The van der Waals surface area contributed by atoms with Crippen LogP contribution in [0.15, 0.2) is 36.4 Å². The van der Waals surface area contributed by atoms with Crippen molar-refractivity contribution in [1.82, 2.24) is 10.2 Å². The summed E-state index contributed by atoms with van der Waals surface area (Å²) >= 11 is 0. The SMILES string of the molecule is C[C@H]1C(=O)NCCN1C(=O)/C=C/c1ccccc1. The van der Waals surface area contributed by atoms with Crippen LogP contribution in [0.5, 0.6) is 0 Å². The van der Waals surface area contributed by atoms with Crippen LogP contribution in [-0.4, -0.2) is 35.8 Å². The quantitative estimate of drug-likeness (QED) is 0.790. The van der Waals surface area contributed by atoms with Crippen LogP contribution in [0.25, 0.3) is 6.08 Å². The van der Waals surface area contributed by atoms with Crippen molar-refractivity contribution in [1.29, 1.82) is 0 Å². The van der Waals surface area contributed by atoms with Crippen molar-refractivity contribution < 1.29 is 9.59 Å². The van der Waals surface area contributed by atoms with Gasteiger partial charge in [0.25, 0.3) is 0 Å². The topological polar surface area (TPSA) is 49.4 Å². The second-order valence-electron chi connectivity index (χ2n) is 4.24. The van der Waals surface area contributed by atoms with E-state index in [0.29, 0.717) is 13.1 Å². The predicted molar refractivity (Wildman–Crippen MR) is 69.7 cm³/mol. The van der Waals surface area contributed by atoms with Crippen LogP contribution in [0, 0.1) is 0 Å². The Balaban J connectivity index is 2.03. The normalized spacial score (nSPS) is 19.9. The van der Waals surface area contributed by atoms with Gasteiger partial charge in [-0.15, -0.1) is 0 Å². The minimum absolute atomic E-state index is 0.0947. The number of benzene rings is 1. The van der Waals surface area contributed by atoms with Crippen LogP contribution in [0.2, 0.25) is 0 Å². The van der Waals surface area contributed by atoms with Crippen LogP contribution in [0.4, 0.5) is 0 Å². The van der Waals surface area contributed by atoms with Crippen LogP contribution in [0.1, 0.15) is 12.5 Å². The molecule has 0 spiro atoms. The smallest absolute Gasteiger partial charge is 0.247 e. The van der Waals surface area contributed by atoms with Gasteiger partial charge in [-0.3, -0.25) is 9.59 Å². The largest absolute Gasteiger partial charge is 0.353 e. The van der Waals surface area contributed by atoms with Gasteiger partial charge in [-0.1, -0.05) is 30.3 Å². The van der Waals surface area contributed by atoms with Gasteiger partial charge in [-0.05, 0) is 18.6 Å². The summed E-state index contributed by atoms with van der Waals surface area (Å²) in [6, 6.07) is 9.22. The Morgan fingerprint density at radius 1 is 1.39 bits per heavy atom. The molecule has 0 aromatic heterocycles. The van der Waals surface area contributed by atoms with Crippen LogP contribution >= 0.6 is 0 Å². The summed E-state index contributed by atoms with van der Waals surface area (Å²) in [6.45, 7) is 2.82. The van der Waals surface area contributed by atoms with E-state index in [2.05, 4.69) is 5.32 Å². The molecule has 94 valence electrons. The monoisotopic (exact) mass is 244 g/mol. The molecule has 0 aliphatic carbocycles. The maximum Gasteiger partial charge on any atom is 0.247 e. The summed E-state index contributed by atoms with van der Waals surface area (Å²) in [5.74, 6) is -0.219. The molecule has 1 aliphatic rings. The summed E-state index contributed by atoms with van der Waals surface area (Å²) in [4.78, 5) is 25.0. The van der Waals surface area contributed by atoms with Gasteiger partial charge in [-0.25, -0.2) is 0 Å². The third kappa shape index (κ3) is 2.77. The summed E-state index contributed by atoms with van der Waals surface area (Å²) < 4.78 is 0. The fraction of sp³-hybridized carbons (Fsp3) is 0.286. The summed E-state index contributed by atoms with van der Waals surface area (Å²) in [6.07, 6.45) is 3.28. The fourth-order valence-corrected chi connectivity index (χ4v) is 1.91. The van der Waals surface area contributed by atoms with Gasteiger partial charge in [0, 0.05) is 19.2 Å². The number of nitrogens with zero attached hydrogens (tertiary/aromatic N) is 1. The lowest BCUT2D eigenvalue weighted by Gasteiger charge is -2.31. The first-order valence-corrected chi connectivity index (χ1v) is 6.00. The van der Waals surface area contributed by atoms with Gasteiger partial charge in [-0.2, -0.15) is 0 Å². The summed E-state index contributed by atoms with van der Waals surface area (Å²) in [5.41, 5.74) is 0.972. The molecule has 1 aromatic carbocycles. The molecule has 1 aromatic rings. The van der Waals surface area contributed by atoms with Crippen LogP contribution in [-0.2, 0) is 9.59 Å². The lowest BCUT2D eigenvalue weighted by Crippen LogP contribution is -2.55. The van der Waals surface area contributed by atoms with E-state index in [1.165, 1.54) is 6.08 Å². The summed E-state index contributed by atoms with van der Waals surface area (Å²) in [5, 5.41) is 2.73. The Bertz CT molecular complexity index is 468. The van der Waals surface area contributed by atoms with Crippen molar-refractivity contribution in [2.45, 2.75) is 13.0 Å². The van der Waals surface area contributed by atoms with Gasteiger partial charge < -0.3 is 10.2 Å². The third-order valence-corrected chi connectivity index (χ3v) is 3.00. The molecule has 0 unspecified atom stereocenters. The Morgan fingerprint density at radius 2 is 2.11 bits per heavy atom. The van der Waals surface area contributed by atoms with E-state index in [1.807, 2.05) is 30.3 Å². The number of hydrogen-bond acceptors (Lipinski definition) is 2. The standard InChI is InChI=1S/C14H16N2O2/c1-11-14(18)15-9-10-16(11)13(17)8-7-12-5-3-2-4-6-12/h2-8,11H,9-10H2,1H3,(H,15,18)/b8-7+/t11-/m0/s1. The lowest BCUT2D eigenvalue weighted by molar-refractivity contribution is -0.139. The van der Waals surface area contributed by atoms with Gasteiger partial charge in [0.05, 0.1) is 0 Å². The number of hydrogen-bond donors (Lipinski definition) is 1. The van der Waals surface area contributed by atoms with Crippen molar-refractivity contribution in [2.75, 3.05) is 13.1 Å². The number of carbonyl (C=O) groups is 2. The minimum Gasteiger partial charge on any atom is -0.353 e. The molecule has 2 rings (SSSR count). The Morgan fingerprint density at radius 3 is 2.83 bits per heavy atom. The first-order valence-electron chi connectivity index (χ1n) is 6.00. The van der Waals surface area contributed by atoms with Crippen molar-refractivity contribution in [2.24, 2.45) is 0 Å². The highest BCUT2D eigenvalue weighted by Gasteiger charge is 2.27. The van der Waals surface area contributed by atoms with Gasteiger partial charge in [0.15, 0.2) is 0 Å². The molecule has 4 nitrogen and oxygen atoms in total. The first kappa shape index (κ1) is 12.4. The molecule has 1 N–H and O–H groups in total. The maximum atomic E-state index is 12.0. The number of amides is 2. The van der Waals surface area contributed by atoms with E-state index in [4.69, 9.17) is 0 Å². The highest BCUT2D eigenvalue weighted by atomic mass is 16.2. The molecule has 1 atom stereocenters. The zero-order valence-electron chi connectivity index (χ0n) is 10.3. The summed E-state index contributed by atoms with van der Waals surface area (Å²) in [7, 11) is 0. The van der Waals surface area contributed by atoms with E-state index in [9.17, 15) is 9.59 Å². The van der Waals surface area contributed by atoms with Crippen molar-refractivity contribution in [3.05, 3.63) is 42.0 Å². The predicted octanol–water partition coefficient (Wildman–Crippen LogP) is 1.05. The molecule has 1 aliphatic heterocycles. The highest BCUT2D eigenvalue weighted by Crippen LogP contribution is 2.07. The molecule has 0 bridgehead atoms.